The molecule has 8 heteroatoms. The number of likely N-dealkylation sites (tertiary alicyclic amines) is 1. The molecule has 3 rings (SSSR count). The zero-order valence-electron chi connectivity index (χ0n) is 15.9. The van der Waals surface area contributed by atoms with Gasteiger partial charge in [0.25, 0.3) is 5.91 Å². The number of halogens is 1. The number of primary amides is 1. The lowest BCUT2D eigenvalue weighted by molar-refractivity contribution is -0.123. The molecule has 1 aromatic rings. The third kappa shape index (κ3) is 4.83. The van der Waals surface area contributed by atoms with E-state index in [4.69, 9.17) is 11.5 Å². The Bertz CT molecular complexity index is 719. The van der Waals surface area contributed by atoms with E-state index in [9.17, 15) is 14.4 Å². The molecule has 2 atom stereocenters. The number of rotatable bonds is 5. The number of benzene rings is 1. The monoisotopic (exact) mass is 408 g/mol. The molecule has 1 saturated carbocycles. The van der Waals surface area contributed by atoms with Crippen molar-refractivity contribution >= 4 is 35.8 Å². The van der Waals surface area contributed by atoms with E-state index in [1.807, 2.05) is 0 Å². The molecule has 2 fully saturated rings. The normalized spacial score (nSPS) is 22.4. The maximum absolute atomic E-state index is 13.0. The fraction of sp³-hybridized carbons (Fsp3) is 0.550. The van der Waals surface area contributed by atoms with E-state index in [0.29, 0.717) is 43.7 Å². The van der Waals surface area contributed by atoms with Crippen molar-refractivity contribution in [2.24, 2.45) is 29.2 Å². The van der Waals surface area contributed by atoms with Gasteiger partial charge in [-0.2, -0.15) is 0 Å². The fourth-order valence-corrected chi connectivity index (χ4v) is 4.21. The molecule has 154 valence electrons. The van der Waals surface area contributed by atoms with Crippen molar-refractivity contribution in [1.82, 2.24) is 4.90 Å². The van der Waals surface area contributed by atoms with Crippen LogP contribution in [0, 0.1) is 17.8 Å². The number of hydrogen-bond acceptors (Lipinski definition) is 4. The minimum atomic E-state index is -0.305. The van der Waals surface area contributed by atoms with Gasteiger partial charge in [0, 0.05) is 24.9 Å². The molecule has 28 heavy (non-hydrogen) atoms. The third-order valence-electron chi connectivity index (χ3n) is 5.90. The summed E-state index contributed by atoms with van der Waals surface area (Å²) in [5.41, 5.74) is 12.2. The molecule has 1 saturated heterocycles. The summed E-state index contributed by atoms with van der Waals surface area (Å²) in [4.78, 5) is 38.7. The van der Waals surface area contributed by atoms with Gasteiger partial charge in [-0.15, -0.1) is 12.4 Å². The fourth-order valence-electron chi connectivity index (χ4n) is 4.21. The van der Waals surface area contributed by atoms with E-state index >= 15 is 0 Å². The molecular weight excluding hydrogens is 380 g/mol. The van der Waals surface area contributed by atoms with Crippen LogP contribution in [0.15, 0.2) is 24.3 Å². The minimum absolute atomic E-state index is 0. The van der Waals surface area contributed by atoms with E-state index in [1.165, 1.54) is 0 Å². The molecular formula is C20H29ClN4O3. The van der Waals surface area contributed by atoms with Gasteiger partial charge >= 0.3 is 0 Å². The quantitative estimate of drug-likeness (QED) is 0.687. The molecule has 1 heterocycles. The molecule has 5 N–H and O–H groups in total. The molecule has 0 unspecified atom stereocenters. The molecule has 0 aromatic heterocycles. The van der Waals surface area contributed by atoms with Crippen LogP contribution in [-0.4, -0.2) is 42.3 Å². The second kappa shape index (κ2) is 9.89. The first kappa shape index (κ1) is 22.2. The predicted octanol–water partition coefficient (Wildman–Crippen LogP) is 1.76. The van der Waals surface area contributed by atoms with Gasteiger partial charge in [-0.1, -0.05) is 18.6 Å². The first-order valence-corrected chi connectivity index (χ1v) is 9.69. The van der Waals surface area contributed by atoms with Gasteiger partial charge in [0.1, 0.15) is 0 Å². The smallest absolute Gasteiger partial charge is 0.255 e. The van der Waals surface area contributed by atoms with Gasteiger partial charge in [-0.25, -0.2) is 0 Å². The number of para-hydroxylation sites is 1. The second-order valence-corrected chi connectivity index (χ2v) is 7.54. The summed E-state index contributed by atoms with van der Waals surface area (Å²) < 4.78 is 0. The van der Waals surface area contributed by atoms with Crippen LogP contribution in [0.4, 0.5) is 5.69 Å². The lowest BCUT2D eigenvalue weighted by Crippen LogP contribution is -2.42. The van der Waals surface area contributed by atoms with Crippen molar-refractivity contribution < 1.29 is 14.4 Å². The van der Waals surface area contributed by atoms with Crippen LogP contribution >= 0.6 is 12.4 Å². The highest BCUT2D eigenvalue weighted by Gasteiger charge is 2.33. The van der Waals surface area contributed by atoms with Crippen LogP contribution in [0.5, 0.6) is 0 Å². The maximum atomic E-state index is 13.0. The Labute approximate surface area is 171 Å². The summed E-state index contributed by atoms with van der Waals surface area (Å²) in [6, 6.07) is 7.08. The van der Waals surface area contributed by atoms with Crippen molar-refractivity contribution in [2.75, 3.05) is 25.0 Å². The molecule has 0 bridgehead atoms. The highest BCUT2D eigenvalue weighted by atomic mass is 35.5. The Hall–Kier alpha value is -2.12. The Morgan fingerprint density at radius 3 is 2.39 bits per heavy atom. The van der Waals surface area contributed by atoms with Gasteiger partial charge in [-0.05, 0) is 50.3 Å². The number of anilines is 1. The van der Waals surface area contributed by atoms with Crippen molar-refractivity contribution in [3.8, 4) is 0 Å². The average Bonchev–Trinajstić information content (AvgIpc) is 3.17. The molecule has 1 aliphatic carbocycles. The maximum Gasteiger partial charge on any atom is 0.255 e. The number of nitrogens with two attached hydrogens (primary N) is 2. The number of piperidine rings is 1. The Balaban J connectivity index is 0.00000280. The number of carbonyl (C=O) groups is 3. The summed E-state index contributed by atoms with van der Waals surface area (Å²) in [6.07, 6.45) is 3.98. The third-order valence-corrected chi connectivity index (χ3v) is 5.90. The summed E-state index contributed by atoms with van der Waals surface area (Å²) in [6.45, 7) is 1.49. The molecule has 0 spiro atoms. The zero-order chi connectivity index (χ0) is 19.4. The van der Waals surface area contributed by atoms with E-state index in [2.05, 4.69) is 5.32 Å². The topological polar surface area (TPSA) is 119 Å². The summed E-state index contributed by atoms with van der Waals surface area (Å²) >= 11 is 0. The number of amides is 3. The predicted molar refractivity (Wildman–Crippen MR) is 110 cm³/mol. The van der Waals surface area contributed by atoms with Gasteiger partial charge in [-0.3, -0.25) is 14.4 Å². The van der Waals surface area contributed by atoms with Gasteiger partial charge < -0.3 is 21.7 Å². The standard InChI is InChI=1S/C20H28N4O3.ClH/c21-12-14-4-3-6-15(14)19(26)23-17-7-2-1-5-16(17)20(27)24-10-8-13(9-11-24)18(22)25;/h1-2,5,7,13-15H,3-4,6,8-12,21H2,(H2,22,25)(H,23,26);1H/t14-,15-;/m1./s1. The van der Waals surface area contributed by atoms with Crippen LogP contribution < -0.4 is 16.8 Å². The van der Waals surface area contributed by atoms with E-state index in [0.717, 1.165) is 19.3 Å². The molecule has 0 radical (unpaired) electrons. The van der Waals surface area contributed by atoms with Crippen LogP contribution in [0.3, 0.4) is 0 Å². The molecule has 1 aromatic carbocycles. The van der Waals surface area contributed by atoms with Crippen molar-refractivity contribution in [2.45, 2.75) is 32.1 Å². The summed E-state index contributed by atoms with van der Waals surface area (Å²) in [7, 11) is 0. The van der Waals surface area contributed by atoms with Crippen LogP contribution in [0.2, 0.25) is 0 Å². The average molecular weight is 409 g/mol. The highest BCUT2D eigenvalue weighted by molar-refractivity contribution is 6.04. The summed E-state index contributed by atoms with van der Waals surface area (Å²) in [5.74, 6) is -0.545. The number of hydrogen-bond donors (Lipinski definition) is 3. The van der Waals surface area contributed by atoms with Gasteiger partial charge in [0.15, 0.2) is 0 Å². The lowest BCUT2D eigenvalue weighted by atomic mass is 9.94. The van der Waals surface area contributed by atoms with Gasteiger partial charge in [0.2, 0.25) is 11.8 Å². The number of nitrogens with zero attached hydrogens (tertiary/aromatic N) is 1. The van der Waals surface area contributed by atoms with E-state index in [-0.39, 0.29) is 47.9 Å². The molecule has 1 aliphatic heterocycles. The molecule has 7 nitrogen and oxygen atoms in total. The van der Waals surface area contributed by atoms with Crippen molar-refractivity contribution in [3.05, 3.63) is 29.8 Å². The second-order valence-electron chi connectivity index (χ2n) is 7.54. The van der Waals surface area contributed by atoms with Crippen LogP contribution in [0.25, 0.3) is 0 Å². The Morgan fingerprint density at radius 1 is 1.07 bits per heavy atom. The van der Waals surface area contributed by atoms with Crippen LogP contribution in [0.1, 0.15) is 42.5 Å². The Morgan fingerprint density at radius 2 is 1.75 bits per heavy atom. The number of carbonyl (C=O) groups excluding carboxylic acids is 3. The van der Waals surface area contributed by atoms with Gasteiger partial charge in [0.05, 0.1) is 11.3 Å². The Kier molecular flexibility index (Phi) is 7.83. The van der Waals surface area contributed by atoms with Crippen LogP contribution in [-0.2, 0) is 9.59 Å². The zero-order valence-corrected chi connectivity index (χ0v) is 16.7. The van der Waals surface area contributed by atoms with E-state index < -0.39 is 0 Å². The SMILES string of the molecule is Cl.NC[C@H]1CCC[C@H]1C(=O)Nc1ccccc1C(=O)N1CCC(C(N)=O)CC1. The first-order chi connectivity index (χ1) is 13.0. The van der Waals surface area contributed by atoms with E-state index in [1.54, 1.807) is 29.2 Å². The summed E-state index contributed by atoms with van der Waals surface area (Å²) in [5, 5.41) is 2.95. The highest BCUT2D eigenvalue weighted by Crippen LogP contribution is 2.32. The number of nitrogens with one attached hydrogen (secondary N) is 1. The lowest BCUT2D eigenvalue weighted by Gasteiger charge is -2.31. The molecule has 3 amide bonds. The minimum Gasteiger partial charge on any atom is -0.369 e. The van der Waals surface area contributed by atoms with Crippen molar-refractivity contribution in [1.29, 1.82) is 0 Å². The first-order valence-electron chi connectivity index (χ1n) is 9.69. The largest absolute Gasteiger partial charge is 0.369 e. The van der Waals surface area contributed by atoms with Crippen molar-refractivity contribution in [3.63, 3.8) is 0 Å². The molecule has 2 aliphatic rings.